The normalized spacial score (nSPS) is 23.4. The lowest BCUT2D eigenvalue weighted by Gasteiger charge is -2.19. The molecule has 0 aromatic carbocycles. The predicted octanol–water partition coefficient (Wildman–Crippen LogP) is -0.161. The van der Waals surface area contributed by atoms with Gasteiger partial charge in [-0.2, -0.15) is 11.8 Å². The summed E-state index contributed by atoms with van der Waals surface area (Å²) >= 11 is 1.43. The highest BCUT2D eigenvalue weighted by atomic mass is 32.2. The van der Waals surface area contributed by atoms with Crippen molar-refractivity contribution in [1.29, 1.82) is 0 Å². The Balaban J connectivity index is 1.56. The number of aliphatic hydroxyl groups is 2. The van der Waals surface area contributed by atoms with Crippen molar-refractivity contribution in [3.05, 3.63) is 18.6 Å². The molecule has 5 N–H and O–H groups in total. The van der Waals surface area contributed by atoms with E-state index in [1.165, 1.54) is 25.2 Å². The molecule has 34 heavy (non-hydrogen) atoms. The van der Waals surface area contributed by atoms with Gasteiger partial charge in [0, 0.05) is 19.1 Å². The molecule has 0 saturated carbocycles. The number of methoxy groups -OCH3 is 1. The molecule has 188 valence electrons. The first-order valence-corrected chi connectivity index (χ1v) is 12.0. The Labute approximate surface area is 201 Å². The number of carbonyl (C=O) groups is 2. The zero-order valence-electron chi connectivity index (χ0n) is 19.3. The van der Waals surface area contributed by atoms with Crippen molar-refractivity contribution in [1.82, 2.24) is 19.9 Å². The molecule has 1 aliphatic heterocycles. The highest BCUT2D eigenvalue weighted by molar-refractivity contribution is 7.99. The van der Waals surface area contributed by atoms with Crippen LogP contribution in [-0.4, -0.2) is 92.3 Å². The number of ether oxygens (including phenoxy) is 3. The van der Waals surface area contributed by atoms with Gasteiger partial charge in [-0.15, -0.1) is 0 Å². The molecule has 1 amide bonds. The molecule has 5 atom stereocenters. The maximum atomic E-state index is 12.3. The fourth-order valence-electron chi connectivity index (χ4n) is 3.62. The Morgan fingerprint density at radius 3 is 2.79 bits per heavy atom. The molecule has 1 aliphatic rings. The fraction of sp³-hybridized carbons (Fsp3) is 0.619. The Bertz CT molecular complexity index is 988. The molecule has 2 aromatic heterocycles. The first-order chi connectivity index (χ1) is 16.2. The Kier molecular flexibility index (Phi) is 9.08. The lowest BCUT2D eigenvalue weighted by atomic mass is 10.1. The zero-order chi connectivity index (χ0) is 24.8. The van der Waals surface area contributed by atoms with Crippen LogP contribution in [0.5, 0.6) is 0 Å². The second-order valence-electron chi connectivity index (χ2n) is 8.17. The van der Waals surface area contributed by atoms with Crippen LogP contribution >= 0.6 is 11.8 Å². The highest BCUT2D eigenvalue weighted by Gasteiger charge is 2.44. The maximum Gasteiger partial charge on any atom is 0.328 e. The summed E-state index contributed by atoms with van der Waals surface area (Å²) in [5.74, 6) is 0.222. The van der Waals surface area contributed by atoms with Crippen molar-refractivity contribution < 1.29 is 34.0 Å². The van der Waals surface area contributed by atoms with Crippen LogP contribution < -0.4 is 11.1 Å². The molecule has 2 aromatic rings. The minimum Gasteiger partial charge on any atom is -0.461 e. The van der Waals surface area contributed by atoms with Gasteiger partial charge in [-0.05, 0) is 32.1 Å². The zero-order valence-corrected chi connectivity index (χ0v) is 20.1. The number of thioether (sulfide) groups is 1. The van der Waals surface area contributed by atoms with E-state index >= 15 is 0 Å². The molecule has 0 spiro atoms. The number of nitrogens with one attached hydrogen (secondary N) is 1. The minimum absolute atomic E-state index is 0.162. The number of anilines is 1. The fourth-order valence-corrected chi connectivity index (χ4v) is 4.70. The van der Waals surface area contributed by atoms with Gasteiger partial charge < -0.3 is 40.0 Å². The number of aliphatic hydroxyl groups excluding tert-OH is 2. The number of rotatable bonds is 11. The number of fused-ring (bicyclic) bond motifs is 1. The van der Waals surface area contributed by atoms with Crippen LogP contribution in [0.4, 0.5) is 5.82 Å². The summed E-state index contributed by atoms with van der Waals surface area (Å²) in [6.45, 7) is 3.30. The number of hydrogen-bond acceptors (Lipinski definition) is 11. The first kappa shape index (κ1) is 26.2. The van der Waals surface area contributed by atoms with Gasteiger partial charge in [-0.3, -0.25) is 4.79 Å². The van der Waals surface area contributed by atoms with E-state index in [0.717, 1.165) is 0 Å². The second kappa shape index (κ2) is 11.8. The van der Waals surface area contributed by atoms with Crippen molar-refractivity contribution >= 4 is 40.5 Å². The number of aromatic nitrogens is 3. The van der Waals surface area contributed by atoms with Gasteiger partial charge in [0.2, 0.25) is 5.91 Å². The van der Waals surface area contributed by atoms with Crippen LogP contribution in [0.2, 0.25) is 0 Å². The highest BCUT2D eigenvalue weighted by Crippen LogP contribution is 2.34. The third-order valence-corrected chi connectivity index (χ3v) is 6.32. The molecular weight excluding hydrogens is 466 g/mol. The van der Waals surface area contributed by atoms with E-state index in [9.17, 15) is 19.8 Å². The number of nitrogens with zero attached hydrogens (tertiary/aromatic N) is 3. The topological polar surface area (TPSA) is 171 Å². The number of esters is 1. The van der Waals surface area contributed by atoms with Crippen LogP contribution in [0.3, 0.4) is 0 Å². The molecule has 13 heteroatoms. The van der Waals surface area contributed by atoms with Crippen molar-refractivity contribution in [2.45, 2.75) is 57.0 Å². The third-order valence-electron chi connectivity index (χ3n) is 5.23. The summed E-state index contributed by atoms with van der Waals surface area (Å²) in [7, 11) is 1.39. The van der Waals surface area contributed by atoms with Gasteiger partial charge in [0.25, 0.3) is 0 Å². The van der Waals surface area contributed by atoms with E-state index in [0.29, 0.717) is 34.8 Å². The molecule has 12 nitrogen and oxygen atoms in total. The average molecular weight is 498 g/mol. The lowest BCUT2D eigenvalue weighted by Crippen LogP contribution is -2.44. The first-order valence-electron chi connectivity index (χ1n) is 10.9. The summed E-state index contributed by atoms with van der Waals surface area (Å²) in [4.78, 5) is 32.4. The summed E-state index contributed by atoms with van der Waals surface area (Å²) in [5, 5.41) is 24.3. The summed E-state index contributed by atoms with van der Waals surface area (Å²) in [6, 6.07) is 0.908. The standard InChI is InChI=1S/C21H31N5O7S/c1-11(2)32-21(30)13(25-15(27)8-31-3)5-7-34-9-14-16(28)17(29)20(33-14)26-6-4-12-18(22)23-10-24-19(12)26/h4,6,10-11,13-14,16-17,20,28-29H,5,7-9H2,1-3H3,(H,25,27)(H2,22,23,24). The predicted molar refractivity (Wildman–Crippen MR) is 125 cm³/mol. The number of carbonyl (C=O) groups excluding carboxylic acids is 2. The largest absolute Gasteiger partial charge is 0.461 e. The van der Waals surface area contributed by atoms with Crippen molar-refractivity contribution in [2.24, 2.45) is 0 Å². The summed E-state index contributed by atoms with van der Waals surface area (Å²) in [5.41, 5.74) is 6.37. The Hall–Kier alpha value is -2.45. The summed E-state index contributed by atoms with van der Waals surface area (Å²) in [6.07, 6.45) is -0.756. The average Bonchev–Trinajstić information content (AvgIpc) is 3.32. The van der Waals surface area contributed by atoms with Gasteiger partial charge in [-0.25, -0.2) is 14.8 Å². The molecule has 0 bridgehead atoms. The van der Waals surface area contributed by atoms with Crippen LogP contribution in [-0.2, 0) is 23.8 Å². The lowest BCUT2D eigenvalue weighted by molar-refractivity contribution is -0.151. The summed E-state index contributed by atoms with van der Waals surface area (Å²) < 4.78 is 17.6. The molecule has 3 rings (SSSR count). The van der Waals surface area contributed by atoms with Crippen LogP contribution in [0, 0.1) is 0 Å². The van der Waals surface area contributed by atoms with Gasteiger partial charge >= 0.3 is 5.97 Å². The van der Waals surface area contributed by atoms with E-state index < -0.39 is 42.5 Å². The minimum atomic E-state index is -1.17. The molecule has 3 heterocycles. The number of hydrogen-bond donors (Lipinski definition) is 4. The molecular formula is C21H31N5O7S. The molecule has 0 aliphatic carbocycles. The van der Waals surface area contributed by atoms with Crippen molar-refractivity contribution in [3.63, 3.8) is 0 Å². The van der Waals surface area contributed by atoms with E-state index in [1.807, 2.05) is 0 Å². The van der Waals surface area contributed by atoms with E-state index in [4.69, 9.17) is 19.9 Å². The van der Waals surface area contributed by atoms with Crippen LogP contribution in [0.25, 0.3) is 11.0 Å². The second-order valence-corrected chi connectivity index (χ2v) is 9.32. The Morgan fingerprint density at radius 1 is 1.32 bits per heavy atom. The van der Waals surface area contributed by atoms with Crippen molar-refractivity contribution in [2.75, 3.05) is 31.0 Å². The smallest absolute Gasteiger partial charge is 0.328 e. The molecule has 1 saturated heterocycles. The van der Waals surface area contributed by atoms with Crippen LogP contribution in [0.15, 0.2) is 18.6 Å². The quantitative estimate of drug-likeness (QED) is 0.240. The van der Waals surface area contributed by atoms with Gasteiger partial charge in [0.05, 0.1) is 17.6 Å². The van der Waals surface area contributed by atoms with Crippen LogP contribution in [0.1, 0.15) is 26.5 Å². The number of nitrogens with two attached hydrogens (primary N) is 1. The Morgan fingerprint density at radius 2 is 2.09 bits per heavy atom. The number of amides is 1. The monoisotopic (exact) mass is 497 g/mol. The van der Waals surface area contributed by atoms with E-state index in [1.54, 1.807) is 30.7 Å². The van der Waals surface area contributed by atoms with Crippen molar-refractivity contribution in [3.8, 4) is 0 Å². The number of nitrogen functional groups attached to an aromatic ring is 1. The van der Waals surface area contributed by atoms with Gasteiger partial charge in [0.1, 0.15) is 42.6 Å². The van der Waals surface area contributed by atoms with E-state index in [-0.39, 0.29) is 12.7 Å². The van der Waals surface area contributed by atoms with Gasteiger partial charge in [-0.1, -0.05) is 0 Å². The molecule has 5 unspecified atom stereocenters. The van der Waals surface area contributed by atoms with E-state index in [2.05, 4.69) is 15.3 Å². The maximum absolute atomic E-state index is 12.3. The SMILES string of the molecule is COCC(=O)NC(CCSCC1OC(n2ccc3c(N)ncnc32)C(O)C1O)C(=O)OC(C)C. The van der Waals surface area contributed by atoms with Gasteiger partial charge in [0.15, 0.2) is 6.23 Å². The molecule has 0 radical (unpaired) electrons. The molecule has 1 fully saturated rings. The third kappa shape index (κ3) is 6.16.